The molecule has 1 aromatic carbocycles. The minimum absolute atomic E-state index is 0.128. The van der Waals surface area contributed by atoms with Gasteiger partial charge in [0.25, 0.3) is 0 Å². The number of hydrogen-bond donors (Lipinski definition) is 2. The summed E-state index contributed by atoms with van der Waals surface area (Å²) in [6.45, 7) is 0.439. The zero-order valence-electron chi connectivity index (χ0n) is 10.3. The molecule has 1 aliphatic rings. The van der Waals surface area contributed by atoms with Crippen LogP contribution in [0.3, 0.4) is 0 Å². The topological polar surface area (TPSA) is 81.4 Å². The third kappa shape index (κ3) is 3.53. The highest BCUT2D eigenvalue weighted by Crippen LogP contribution is 2.16. The third-order valence-electron chi connectivity index (χ3n) is 2.62. The Kier molecular flexibility index (Phi) is 4.10. The number of anilines is 1. The molecule has 0 saturated heterocycles. The highest BCUT2D eigenvalue weighted by molar-refractivity contribution is 6.17. The van der Waals surface area contributed by atoms with Crippen molar-refractivity contribution in [3.63, 3.8) is 0 Å². The Labute approximate surface area is 110 Å². The number of carbonyl (C=O) groups excluding carboxylic acids is 2. The Bertz CT molecular complexity index is 544. The summed E-state index contributed by atoms with van der Waals surface area (Å²) in [7, 11) is 0. The molecule has 0 fully saturated rings. The summed E-state index contributed by atoms with van der Waals surface area (Å²) in [5.41, 5.74) is 6.55. The molecule has 0 saturated carbocycles. The lowest BCUT2D eigenvalue weighted by Crippen LogP contribution is -2.15. The maximum atomic E-state index is 11.5. The fourth-order valence-corrected chi connectivity index (χ4v) is 1.66. The van der Waals surface area contributed by atoms with E-state index in [2.05, 4.69) is 5.32 Å². The van der Waals surface area contributed by atoms with E-state index in [1.807, 2.05) is 12.1 Å². The first-order chi connectivity index (χ1) is 9.19. The van der Waals surface area contributed by atoms with Crippen molar-refractivity contribution >= 4 is 17.3 Å². The van der Waals surface area contributed by atoms with E-state index in [0.717, 1.165) is 5.69 Å². The SMILES string of the molecule is NCOc1ccc(NCC2=CC(=O)C=CC2=O)cc1. The molecule has 0 spiro atoms. The van der Waals surface area contributed by atoms with Crippen molar-refractivity contribution < 1.29 is 14.3 Å². The van der Waals surface area contributed by atoms with Crippen LogP contribution in [-0.2, 0) is 9.59 Å². The van der Waals surface area contributed by atoms with E-state index in [1.165, 1.54) is 18.2 Å². The second-order valence-corrected chi connectivity index (χ2v) is 3.96. The molecule has 0 heterocycles. The molecule has 0 bridgehead atoms. The van der Waals surface area contributed by atoms with Gasteiger partial charge < -0.3 is 10.1 Å². The van der Waals surface area contributed by atoms with Crippen molar-refractivity contribution in [2.24, 2.45) is 5.73 Å². The predicted octanol–water partition coefficient (Wildman–Crippen LogP) is 1.03. The van der Waals surface area contributed by atoms with Crippen LogP contribution in [0.15, 0.2) is 48.1 Å². The summed E-state index contributed by atoms with van der Waals surface area (Å²) in [4.78, 5) is 22.7. The van der Waals surface area contributed by atoms with Gasteiger partial charge in [0.2, 0.25) is 0 Å². The van der Waals surface area contributed by atoms with Crippen LogP contribution < -0.4 is 15.8 Å². The minimum Gasteiger partial charge on any atom is -0.479 e. The second-order valence-electron chi connectivity index (χ2n) is 3.96. The number of nitrogens with two attached hydrogens (primary N) is 1. The van der Waals surface area contributed by atoms with Crippen LogP contribution in [-0.4, -0.2) is 24.8 Å². The molecule has 0 aromatic heterocycles. The van der Waals surface area contributed by atoms with E-state index in [4.69, 9.17) is 10.5 Å². The number of hydrogen-bond acceptors (Lipinski definition) is 5. The van der Waals surface area contributed by atoms with Crippen molar-refractivity contribution in [2.45, 2.75) is 0 Å². The van der Waals surface area contributed by atoms with Gasteiger partial charge in [0, 0.05) is 17.8 Å². The molecule has 0 atom stereocenters. The molecule has 2 rings (SSSR count). The molecule has 98 valence electrons. The number of ether oxygens (including phenoxy) is 1. The Morgan fingerprint density at radius 1 is 1.11 bits per heavy atom. The van der Waals surface area contributed by atoms with Gasteiger partial charge >= 0.3 is 0 Å². The van der Waals surface area contributed by atoms with Gasteiger partial charge in [-0.05, 0) is 42.5 Å². The number of rotatable bonds is 5. The number of benzene rings is 1. The summed E-state index contributed by atoms with van der Waals surface area (Å²) in [6, 6.07) is 7.18. The van der Waals surface area contributed by atoms with Crippen LogP contribution in [0.2, 0.25) is 0 Å². The minimum atomic E-state index is -0.164. The fourth-order valence-electron chi connectivity index (χ4n) is 1.66. The maximum absolute atomic E-state index is 11.5. The van der Waals surface area contributed by atoms with E-state index in [1.54, 1.807) is 12.1 Å². The van der Waals surface area contributed by atoms with E-state index < -0.39 is 0 Å². The number of nitrogens with one attached hydrogen (secondary N) is 1. The molecule has 1 aromatic rings. The zero-order valence-corrected chi connectivity index (χ0v) is 10.3. The van der Waals surface area contributed by atoms with Crippen LogP contribution in [0.4, 0.5) is 5.69 Å². The molecule has 0 aliphatic heterocycles. The first-order valence-electron chi connectivity index (χ1n) is 5.83. The molecule has 5 heteroatoms. The summed E-state index contributed by atoms with van der Waals surface area (Å²) in [6.07, 6.45) is 3.91. The smallest absolute Gasteiger partial charge is 0.183 e. The lowest BCUT2D eigenvalue weighted by Gasteiger charge is -2.10. The van der Waals surface area contributed by atoms with Crippen LogP contribution >= 0.6 is 0 Å². The fraction of sp³-hybridized carbons (Fsp3) is 0.143. The second kappa shape index (κ2) is 5.97. The number of ketones is 2. The Morgan fingerprint density at radius 2 is 1.84 bits per heavy atom. The average Bonchev–Trinajstić information content (AvgIpc) is 2.42. The zero-order chi connectivity index (χ0) is 13.7. The molecule has 19 heavy (non-hydrogen) atoms. The standard InChI is InChI=1S/C14H14N2O3/c15-9-19-13-4-1-11(2-5-13)16-8-10-7-12(17)3-6-14(10)18/h1-7,16H,8-9,15H2. The van der Waals surface area contributed by atoms with Crippen LogP contribution in [0, 0.1) is 0 Å². The van der Waals surface area contributed by atoms with Gasteiger partial charge in [-0.15, -0.1) is 0 Å². The van der Waals surface area contributed by atoms with E-state index in [-0.39, 0.29) is 18.3 Å². The van der Waals surface area contributed by atoms with Crippen molar-refractivity contribution in [3.05, 3.63) is 48.1 Å². The summed E-state index contributed by atoms with van der Waals surface area (Å²) >= 11 is 0. The van der Waals surface area contributed by atoms with Crippen molar-refractivity contribution in [3.8, 4) is 5.75 Å². The molecule has 1 aliphatic carbocycles. The predicted molar refractivity (Wildman–Crippen MR) is 71.9 cm³/mol. The van der Waals surface area contributed by atoms with E-state index in [0.29, 0.717) is 17.9 Å². The van der Waals surface area contributed by atoms with Gasteiger partial charge in [-0.3, -0.25) is 15.3 Å². The highest BCUT2D eigenvalue weighted by Gasteiger charge is 2.12. The number of allylic oxidation sites excluding steroid dienone is 3. The highest BCUT2D eigenvalue weighted by atomic mass is 16.5. The van der Waals surface area contributed by atoms with Crippen molar-refractivity contribution in [1.29, 1.82) is 0 Å². The molecular formula is C14H14N2O3. The van der Waals surface area contributed by atoms with Crippen LogP contribution in [0.25, 0.3) is 0 Å². The van der Waals surface area contributed by atoms with Gasteiger partial charge in [0.1, 0.15) is 12.5 Å². The van der Waals surface area contributed by atoms with Gasteiger partial charge in [0.05, 0.1) is 0 Å². The molecule has 0 amide bonds. The average molecular weight is 258 g/mol. The van der Waals surface area contributed by atoms with Gasteiger partial charge in [-0.1, -0.05) is 0 Å². The maximum Gasteiger partial charge on any atom is 0.183 e. The molecular weight excluding hydrogens is 244 g/mol. The Hall–Kier alpha value is -2.40. The monoisotopic (exact) mass is 258 g/mol. The molecule has 3 N–H and O–H groups in total. The summed E-state index contributed by atoms with van der Waals surface area (Å²) in [5.74, 6) is 0.373. The quantitative estimate of drug-likeness (QED) is 0.609. The summed E-state index contributed by atoms with van der Waals surface area (Å²) < 4.78 is 5.12. The number of carbonyl (C=O) groups is 2. The molecule has 5 nitrogen and oxygen atoms in total. The van der Waals surface area contributed by atoms with E-state index >= 15 is 0 Å². The first kappa shape index (κ1) is 13.0. The largest absolute Gasteiger partial charge is 0.479 e. The molecule has 0 radical (unpaired) electrons. The lowest BCUT2D eigenvalue weighted by atomic mass is 10.0. The third-order valence-corrected chi connectivity index (χ3v) is 2.62. The van der Waals surface area contributed by atoms with Crippen molar-refractivity contribution in [2.75, 3.05) is 18.6 Å². The van der Waals surface area contributed by atoms with Gasteiger partial charge in [0.15, 0.2) is 11.6 Å². The Morgan fingerprint density at radius 3 is 2.53 bits per heavy atom. The van der Waals surface area contributed by atoms with E-state index in [9.17, 15) is 9.59 Å². The lowest BCUT2D eigenvalue weighted by molar-refractivity contribution is -0.114. The van der Waals surface area contributed by atoms with Gasteiger partial charge in [-0.25, -0.2) is 0 Å². The van der Waals surface area contributed by atoms with Crippen LogP contribution in [0.1, 0.15) is 0 Å². The molecule has 0 unspecified atom stereocenters. The van der Waals surface area contributed by atoms with Crippen LogP contribution in [0.5, 0.6) is 5.75 Å². The Balaban J connectivity index is 1.95. The van der Waals surface area contributed by atoms with Crippen molar-refractivity contribution in [1.82, 2.24) is 0 Å². The first-order valence-corrected chi connectivity index (χ1v) is 5.83. The normalized spacial score (nSPS) is 14.3. The summed E-state index contributed by atoms with van der Waals surface area (Å²) in [5, 5.41) is 3.07. The van der Waals surface area contributed by atoms with Gasteiger partial charge in [-0.2, -0.15) is 0 Å².